The van der Waals surface area contributed by atoms with Crippen LogP contribution in [0.25, 0.3) is 5.69 Å². The van der Waals surface area contributed by atoms with Crippen molar-refractivity contribution < 1.29 is 4.79 Å². The zero-order valence-corrected chi connectivity index (χ0v) is 18.8. The first-order valence-corrected chi connectivity index (χ1v) is 11.4. The van der Waals surface area contributed by atoms with E-state index in [1.54, 1.807) is 0 Å². The highest BCUT2D eigenvalue weighted by Crippen LogP contribution is 2.31. The largest absolute Gasteiger partial charge is 0.369 e. The van der Waals surface area contributed by atoms with Crippen LogP contribution in [0.3, 0.4) is 0 Å². The van der Waals surface area contributed by atoms with Crippen molar-refractivity contribution in [3.63, 3.8) is 0 Å². The molecule has 1 N–H and O–H groups in total. The molecule has 2 aliphatic rings. The van der Waals surface area contributed by atoms with Crippen molar-refractivity contribution >= 4 is 11.6 Å². The van der Waals surface area contributed by atoms with Crippen molar-refractivity contribution in [1.82, 2.24) is 25.2 Å². The third kappa shape index (κ3) is 4.12. The van der Waals surface area contributed by atoms with Gasteiger partial charge in [0.1, 0.15) is 0 Å². The molecule has 2 aromatic carbocycles. The summed E-state index contributed by atoms with van der Waals surface area (Å²) in [5.74, 6) is -0.143. The predicted octanol–water partition coefficient (Wildman–Crippen LogP) is 2.61. The molecule has 7 heteroatoms. The quantitative estimate of drug-likeness (QED) is 0.689. The fourth-order valence-corrected chi connectivity index (χ4v) is 4.76. The van der Waals surface area contributed by atoms with E-state index in [2.05, 4.69) is 50.6 Å². The molecule has 1 aliphatic heterocycles. The average Bonchev–Trinajstić information content (AvgIpc) is 3.22. The minimum absolute atomic E-state index is 0.102. The van der Waals surface area contributed by atoms with Gasteiger partial charge in [-0.25, -0.2) is 0 Å². The van der Waals surface area contributed by atoms with Crippen molar-refractivity contribution in [3.05, 3.63) is 71.0 Å². The number of hydrogen-bond donors (Lipinski definition) is 1. The standard InChI is InChI=1S/C25H30N6O/c1-18-24(28-31(27-18)21-8-4-3-5-9-21)25(32)26-20-12-11-19-7-6-10-23(22(19)17-20)30-15-13-29(2)14-16-30/h3-10,20H,11-17H2,1-2H3,(H,26,32)/t20-/m1/s1. The van der Waals surface area contributed by atoms with E-state index in [0.717, 1.165) is 51.1 Å². The zero-order valence-electron chi connectivity index (χ0n) is 18.8. The fourth-order valence-electron chi connectivity index (χ4n) is 4.76. The highest BCUT2D eigenvalue weighted by Gasteiger charge is 2.27. The number of hydrogen-bond acceptors (Lipinski definition) is 5. The number of fused-ring (bicyclic) bond motifs is 1. The number of nitrogens with one attached hydrogen (secondary N) is 1. The first kappa shape index (κ1) is 20.7. The van der Waals surface area contributed by atoms with Gasteiger partial charge in [0, 0.05) is 37.9 Å². The van der Waals surface area contributed by atoms with Gasteiger partial charge in [0.15, 0.2) is 5.69 Å². The van der Waals surface area contributed by atoms with E-state index in [1.165, 1.54) is 21.6 Å². The molecule has 3 aromatic rings. The van der Waals surface area contributed by atoms with Gasteiger partial charge >= 0.3 is 0 Å². The van der Waals surface area contributed by atoms with Gasteiger partial charge in [-0.05, 0) is 62.6 Å². The summed E-state index contributed by atoms with van der Waals surface area (Å²) in [7, 11) is 2.18. The van der Waals surface area contributed by atoms with E-state index in [4.69, 9.17) is 0 Å². The van der Waals surface area contributed by atoms with Crippen molar-refractivity contribution in [2.45, 2.75) is 32.2 Å². The van der Waals surface area contributed by atoms with Gasteiger partial charge < -0.3 is 15.1 Å². The molecular formula is C25H30N6O. The number of carbonyl (C=O) groups is 1. The van der Waals surface area contributed by atoms with Crippen molar-refractivity contribution in [1.29, 1.82) is 0 Å². The monoisotopic (exact) mass is 430 g/mol. The van der Waals surface area contributed by atoms with Gasteiger partial charge in [-0.3, -0.25) is 4.79 Å². The minimum Gasteiger partial charge on any atom is -0.369 e. The Kier molecular flexibility index (Phi) is 5.66. The molecule has 0 bridgehead atoms. The Labute approximate surface area is 189 Å². The first-order valence-electron chi connectivity index (χ1n) is 11.4. The number of rotatable bonds is 4. The summed E-state index contributed by atoms with van der Waals surface area (Å²) in [4.78, 5) is 19.5. The second kappa shape index (κ2) is 8.74. The number of likely N-dealkylation sites (N-methyl/N-ethyl adjacent to an activating group) is 1. The molecule has 1 fully saturated rings. The molecule has 1 aromatic heterocycles. The van der Waals surface area contributed by atoms with Gasteiger partial charge in [0.05, 0.1) is 11.4 Å². The number of anilines is 1. The topological polar surface area (TPSA) is 66.3 Å². The molecule has 32 heavy (non-hydrogen) atoms. The number of aromatic nitrogens is 3. The Hall–Kier alpha value is -3.19. The maximum absolute atomic E-state index is 13.1. The molecule has 1 aliphatic carbocycles. The van der Waals surface area contributed by atoms with Crippen LogP contribution in [0.1, 0.15) is 33.7 Å². The van der Waals surface area contributed by atoms with Crippen LogP contribution in [0.4, 0.5) is 5.69 Å². The normalized spacial score (nSPS) is 18.9. The van der Waals surface area contributed by atoms with Gasteiger partial charge in [0.25, 0.3) is 5.91 Å². The maximum Gasteiger partial charge on any atom is 0.273 e. The van der Waals surface area contributed by atoms with Crippen LogP contribution in [-0.4, -0.2) is 65.1 Å². The van der Waals surface area contributed by atoms with Gasteiger partial charge in [-0.15, -0.1) is 5.10 Å². The summed E-state index contributed by atoms with van der Waals surface area (Å²) in [6.45, 7) is 6.10. The second-order valence-electron chi connectivity index (χ2n) is 8.88. The number of aryl methyl sites for hydroxylation is 2. The van der Waals surface area contributed by atoms with Crippen LogP contribution in [0.5, 0.6) is 0 Å². The molecule has 5 rings (SSSR count). The molecule has 1 saturated heterocycles. The summed E-state index contributed by atoms with van der Waals surface area (Å²) in [5.41, 5.74) is 6.02. The highest BCUT2D eigenvalue weighted by molar-refractivity contribution is 5.93. The van der Waals surface area contributed by atoms with E-state index in [0.29, 0.717) is 11.4 Å². The lowest BCUT2D eigenvalue weighted by Crippen LogP contribution is -2.45. The SMILES string of the molecule is Cc1nn(-c2ccccc2)nc1C(=O)N[C@@H]1CCc2cccc(N3CCN(C)CC3)c2C1. The fraction of sp³-hybridized carbons (Fsp3) is 0.400. The van der Waals surface area contributed by atoms with Crippen LogP contribution in [0.2, 0.25) is 0 Å². The number of piperazine rings is 1. The summed E-state index contributed by atoms with van der Waals surface area (Å²) >= 11 is 0. The molecule has 7 nitrogen and oxygen atoms in total. The average molecular weight is 431 g/mol. The summed E-state index contributed by atoms with van der Waals surface area (Å²) < 4.78 is 0. The number of carbonyl (C=O) groups excluding carboxylic acids is 1. The van der Waals surface area contributed by atoms with Crippen molar-refractivity contribution in [2.75, 3.05) is 38.1 Å². The van der Waals surface area contributed by atoms with Gasteiger partial charge in [-0.1, -0.05) is 30.3 Å². The lowest BCUT2D eigenvalue weighted by atomic mass is 9.86. The Balaban J connectivity index is 1.31. The third-order valence-electron chi connectivity index (χ3n) is 6.62. The third-order valence-corrected chi connectivity index (χ3v) is 6.62. The van der Waals surface area contributed by atoms with Crippen molar-refractivity contribution in [2.24, 2.45) is 0 Å². The molecule has 0 saturated carbocycles. The predicted molar refractivity (Wildman–Crippen MR) is 126 cm³/mol. The number of para-hydroxylation sites is 1. The molecule has 166 valence electrons. The summed E-state index contributed by atoms with van der Waals surface area (Å²) in [5, 5.41) is 12.2. The summed E-state index contributed by atoms with van der Waals surface area (Å²) in [6, 6.07) is 16.4. The van der Waals surface area contributed by atoms with E-state index < -0.39 is 0 Å². The summed E-state index contributed by atoms with van der Waals surface area (Å²) in [6.07, 6.45) is 2.78. The Morgan fingerprint density at radius 3 is 2.56 bits per heavy atom. The van der Waals surface area contributed by atoms with E-state index >= 15 is 0 Å². The molecule has 0 spiro atoms. The van der Waals surface area contributed by atoms with Crippen LogP contribution in [0, 0.1) is 6.92 Å². The van der Waals surface area contributed by atoms with E-state index in [-0.39, 0.29) is 11.9 Å². The highest BCUT2D eigenvalue weighted by atomic mass is 16.2. The minimum atomic E-state index is -0.143. The van der Waals surface area contributed by atoms with E-state index in [9.17, 15) is 4.79 Å². The lowest BCUT2D eigenvalue weighted by molar-refractivity contribution is 0.0927. The number of nitrogens with zero attached hydrogens (tertiary/aromatic N) is 5. The number of benzene rings is 2. The van der Waals surface area contributed by atoms with Gasteiger partial charge in [-0.2, -0.15) is 9.90 Å². The molecule has 0 radical (unpaired) electrons. The Bertz CT molecular complexity index is 1100. The van der Waals surface area contributed by atoms with Crippen LogP contribution in [0.15, 0.2) is 48.5 Å². The van der Waals surface area contributed by atoms with Gasteiger partial charge in [0.2, 0.25) is 0 Å². The smallest absolute Gasteiger partial charge is 0.273 e. The maximum atomic E-state index is 13.1. The Morgan fingerprint density at radius 1 is 1.00 bits per heavy atom. The molecule has 1 atom stereocenters. The second-order valence-corrected chi connectivity index (χ2v) is 8.88. The Morgan fingerprint density at radius 2 is 1.78 bits per heavy atom. The van der Waals surface area contributed by atoms with Crippen LogP contribution < -0.4 is 10.2 Å². The molecular weight excluding hydrogens is 400 g/mol. The lowest BCUT2D eigenvalue weighted by Gasteiger charge is -2.37. The van der Waals surface area contributed by atoms with E-state index in [1.807, 2.05) is 37.3 Å². The first-order chi connectivity index (χ1) is 15.6. The molecule has 2 heterocycles. The van der Waals surface area contributed by atoms with Crippen LogP contribution in [-0.2, 0) is 12.8 Å². The molecule has 1 amide bonds. The van der Waals surface area contributed by atoms with Crippen molar-refractivity contribution in [3.8, 4) is 5.69 Å². The molecule has 0 unspecified atom stereocenters. The zero-order chi connectivity index (χ0) is 22.1. The number of amides is 1. The van der Waals surface area contributed by atoms with Crippen LogP contribution >= 0.6 is 0 Å².